The van der Waals surface area contributed by atoms with Gasteiger partial charge in [-0.15, -0.1) is 6.54 Å². The maximum atomic E-state index is 12.8. The Morgan fingerprint density at radius 1 is 1.17 bits per heavy atom. The molecule has 3 N–H and O–H groups in total. The molecule has 0 heterocycles. The first-order valence-corrected chi connectivity index (χ1v) is 12.4. The van der Waals surface area contributed by atoms with E-state index in [-0.39, 0.29) is 49.5 Å². The summed E-state index contributed by atoms with van der Waals surface area (Å²) in [5, 5.41) is 19.3. The third-order valence-corrected chi connectivity index (χ3v) is 5.97. The van der Waals surface area contributed by atoms with Crippen LogP contribution in [0.2, 0.25) is 0 Å². The number of nitrogens with one attached hydrogen (secondary N) is 3. The molecule has 0 aliphatic heterocycles. The summed E-state index contributed by atoms with van der Waals surface area (Å²) in [6.07, 6.45) is 7.55. The summed E-state index contributed by atoms with van der Waals surface area (Å²) < 4.78 is 0.536. The fraction of sp³-hybridized carbons (Fsp3) is 0.333. The van der Waals surface area contributed by atoms with Crippen LogP contribution in [0.15, 0.2) is 57.3 Å². The van der Waals surface area contributed by atoms with Crippen LogP contribution in [0.5, 0.6) is 0 Å². The minimum Gasteiger partial charge on any atom is -0.368 e. The Balaban J connectivity index is 0.0000122. The van der Waals surface area contributed by atoms with E-state index in [0.29, 0.717) is 34.4 Å². The van der Waals surface area contributed by atoms with Crippen LogP contribution in [0.3, 0.4) is 0 Å². The van der Waals surface area contributed by atoms with Gasteiger partial charge in [0.05, 0.1) is 21.9 Å². The maximum Gasteiger partial charge on any atom is 2.00 e. The first-order valence-electron chi connectivity index (χ1n) is 11.4. The summed E-state index contributed by atoms with van der Waals surface area (Å²) in [6.45, 7) is 15.9. The summed E-state index contributed by atoms with van der Waals surface area (Å²) in [5.74, 6) is -0.562. The predicted molar refractivity (Wildman–Crippen MR) is 154 cm³/mol. The van der Waals surface area contributed by atoms with Crippen molar-refractivity contribution in [2.75, 3.05) is 18.0 Å². The minimum atomic E-state index is -0.509. The van der Waals surface area contributed by atoms with Gasteiger partial charge in [-0.2, -0.15) is 0 Å². The third kappa shape index (κ3) is 11.9. The molecule has 0 spiro atoms. The molecule has 1 aromatic rings. The Labute approximate surface area is 253 Å². The Bertz CT molecular complexity index is 998. The number of anilines is 1. The van der Waals surface area contributed by atoms with Crippen molar-refractivity contribution in [1.29, 1.82) is 10.8 Å². The number of carbonyl (C=O) groups excluding carboxylic acids is 2. The van der Waals surface area contributed by atoms with Crippen LogP contribution in [0.25, 0.3) is 0 Å². The molecule has 1 atom stereocenters. The fourth-order valence-corrected chi connectivity index (χ4v) is 3.55. The predicted octanol–water partition coefficient (Wildman–Crippen LogP) is 5.24. The van der Waals surface area contributed by atoms with Crippen LogP contribution >= 0.6 is 22.6 Å². The zero-order valence-electron chi connectivity index (χ0n) is 21.5. The Morgan fingerprint density at radius 3 is 2.25 bits per heavy atom. The molecule has 1 aromatic carbocycles. The number of benzene rings is 1. The van der Waals surface area contributed by atoms with Crippen LogP contribution in [0.4, 0.5) is 5.69 Å². The fourth-order valence-electron chi connectivity index (χ4n) is 3.22. The average molecular weight is 828 g/mol. The molecular formula is C27H36IN5O2U. The standard InChI is InChI=1S/C27H36IN5O2.U/c1-7-32(18-29)17-20(5)15-26(31-27(35)24(28)14-9-19(3)4)25(30)16-22-10-12-23(13-11-22)33(8-2)21(6)34;/h9-14,17-18,26,29-30H,2,6-8,15-16H2,1,3-5H3,(H,31,35);/q-2;+2/b20-17+,24-14-,29-18?,30-25?;. The molecule has 7 nitrogen and oxygen atoms in total. The van der Waals surface area contributed by atoms with Crippen molar-refractivity contribution >= 4 is 52.1 Å². The van der Waals surface area contributed by atoms with Gasteiger partial charge in [0.25, 0.3) is 5.91 Å². The number of halogens is 1. The zero-order chi connectivity index (χ0) is 26.5. The minimum absolute atomic E-state index is 0. The average Bonchev–Trinajstić information content (AvgIpc) is 2.81. The topological polar surface area (TPSA) is 100 Å². The molecule has 0 aromatic heterocycles. The molecule has 2 amide bonds. The first kappa shape index (κ1) is 34.2. The summed E-state index contributed by atoms with van der Waals surface area (Å²) in [5.41, 5.74) is 3.99. The Hall–Kier alpha value is -1.83. The van der Waals surface area contributed by atoms with Gasteiger partial charge in [-0.3, -0.25) is 10.2 Å². The van der Waals surface area contributed by atoms with E-state index in [4.69, 9.17) is 10.8 Å². The van der Waals surface area contributed by atoms with E-state index in [2.05, 4.69) is 19.2 Å². The van der Waals surface area contributed by atoms with Crippen molar-refractivity contribution in [1.82, 2.24) is 10.2 Å². The van der Waals surface area contributed by atoms with Gasteiger partial charge in [-0.05, 0) is 80.5 Å². The maximum absolute atomic E-state index is 12.8. The Kier molecular flexibility index (Phi) is 16.7. The number of amides is 2. The van der Waals surface area contributed by atoms with Gasteiger partial charge < -0.3 is 39.2 Å². The molecule has 1 unspecified atom stereocenters. The van der Waals surface area contributed by atoms with Gasteiger partial charge in [0.2, 0.25) is 0 Å². The van der Waals surface area contributed by atoms with E-state index in [9.17, 15) is 9.59 Å². The van der Waals surface area contributed by atoms with E-state index < -0.39 is 6.04 Å². The van der Waals surface area contributed by atoms with Gasteiger partial charge in [0.1, 0.15) is 0 Å². The summed E-state index contributed by atoms with van der Waals surface area (Å²) in [7, 11) is 0. The molecule has 0 aliphatic carbocycles. The van der Waals surface area contributed by atoms with E-state index in [0.717, 1.165) is 16.7 Å². The quantitative estimate of drug-likeness (QED) is 0.0634. The number of allylic oxidation sites excluding steroid dienone is 3. The SMILES string of the molecule is [CH2-]CN(C([CH2-])=O)c1ccc(CC(=N)C(C/C(C)=C/N(C=N)CC)NC(=O)/C(I)=C/C=C(C)C)cc1.[U+2]. The molecule has 1 rings (SSSR count). The van der Waals surface area contributed by atoms with Crippen molar-refractivity contribution in [3.8, 4) is 0 Å². The van der Waals surface area contributed by atoms with Crippen LogP contribution in [-0.2, 0) is 16.0 Å². The van der Waals surface area contributed by atoms with Gasteiger partial charge in [-0.1, -0.05) is 29.4 Å². The monoisotopic (exact) mass is 827 g/mol. The number of nitrogens with zero attached hydrogens (tertiary/aromatic N) is 2. The van der Waals surface area contributed by atoms with Gasteiger partial charge >= 0.3 is 31.1 Å². The van der Waals surface area contributed by atoms with E-state index >= 15 is 0 Å². The smallest absolute Gasteiger partial charge is 0.368 e. The van der Waals surface area contributed by atoms with Crippen LogP contribution in [-0.4, -0.2) is 47.9 Å². The third-order valence-electron chi connectivity index (χ3n) is 5.12. The number of hydrogen-bond acceptors (Lipinski definition) is 4. The van der Waals surface area contributed by atoms with Gasteiger partial charge in [0.15, 0.2) is 0 Å². The van der Waals surface area contributed by atoms with Crippen molar-refractivity contribution in [3.63, 3.8) is 0 Å². The summed E-state index contributed by atoms with van der Waals surface area (Å²) >= 11 is 2.00. The van der Waals surface area contributed by atoms with Gasteiger partial charge in [-0.25, -0.2) is 0 Å². The summed E-state index contributed by atoms with van der Waals surface area (Å²) in [6, 6.07) is 6.84. The van der Waals surface area contributed by atoms with Crippen molar-refractivity contribution in [2.45, 2.75) is 46.6 Å². The summed E-state index contributed by atoms with van der Waals surface area (Å²) in [4.78, 5) is 27.7. The molecular weight excluding hydrogens is 791 g/mol. The molecule has 0 radical (unpaired) electrons. The largest absolute Gasteiger partial charge is 2.00 e. The van der Waals surface area contributed by atoms with Crippen LogP contribution in [0, 0.1) is 55.8 Å². The second-order valence-corrected chi connectivity index (χ2v) is 9.50. The number of carbonyl (C=O) groups is 2. The molecule has 0 aliphatic rings. The van der Waals surface area contributed by atoms with Crippen molar-refractivity contribution in [3.05, 3.63) is 76.8 Å². The van der Waals surface area contributed by atoms with Crippen molar-refractivity contribution < 1.29 is 40.7 Å². The van der Waals surface area contributed by atoms with E-state index in [1.54, 1.807) is 11.0 Å². The Morgan fingerprint density at radius 2 is 1.78 bits per heavy atom. The first-order chi connectivity index (χ1) is 16.5. The second-order valence-electron chi connectivity index (χ2n) is 8.34. The molecule has 9 heteroatoms. The molecule has 36 heavy (non-hydrogen) atoms. The zero-order valence-corrected chi connectivity index (χ0v) is 27.8. The van der Waals surface area contributed by atoms with Crippen LogP contribution < -0.4 is 10.2 Å². The number of hydrogen-bond donors (Lipinski definition) is 3. The van der Waals surface area contributed by atoms with Crippen LogP contribution in [0.1, 0.15) is 39.7 Å². The van der Waals surface area contributed by atoms with E-state index in [1.165, 1.54) is 11.2 Å². The molecule has 0 fully saturated rings. The molecule has 192 valence electrons. The van der Waals surface area contributed by atoms with Crippen molar-refractivity contribution in [2.24, 2.45) is 0 Å². The van der Waals surface area contributed by atoms with Gasteiger partial charge in [0, 0.05) is 30.6 Å². The second kappa shape index (κ2) is 17.6. The van der Waals surface area contributed by atoms with E-state index in [1.807, 2.05) is 86.8 Å². The molecule has 0 saturated heterocycles. The molecule has 0 saturated carbocycles. The molecule has 0 bridgehead atoms. The number of rotatable bonds is 13. The normalized spacial score (nSPS) is 12.1.